The molecular formula is C37H22N4O2. The molecule has 0 aliphatic rings. The van der Waals surface area contributed by atoms with Crippen LogP contribution in [-0.4, -0.2) is 19.5 Å². The van der Waals surface area contributed by atoms with E-state index in [2.05, 4.69) is 41.0 Å². The number of rotatable bonds is 4. The van der Waals surface area contributed by atoms with Gasteiger partial charge in [0.1, 0.15) is 22.2 Å². The fourth-order valence-electron chi connectivity index (χ4n) is 5.91. The number of hydrogen-bond donors (Lipinski definition) is 0. The Morgan fingerprint density at radius 3 is 1.53 bits per heavy atom. The number of hydrogen-bond acceptors (Lipinski definition) is 5. The second kappa shape index (κ2) is 9.26. The maximum atomic E-state index is 6.41. The molecule has 0 amide bonds. The van der Waals surface area contributed by atoms with Crippen LogP contribution in [-0.2, 0) is 0 Å². The van der Waals surface area contributed by atoms with Crippen molar-refractivity contribution < 1.29 is 8.83 Å². The molecule has 43 heavy (non-hydrogen) atoms. The highest BCUT2D eigenvalue weighted by molar-refractivity contribution is 6.20. The number of furan rings is 2. The molecule has 4 aromatic heterocycles. The highest BCUT2D eigenvalue weighted by atomic mass is 16.4. The van der Waals surface area contributed by atoms with Gasteiger partial charge in [0.25, 0.3) is 0 Å². The molecule has 202 valence electrons. The van der Waals surface area contributed by atoms with E-state index in [9.17, 15) is 0 Å². The average molecular weight is 555 g/mol. The number of benzene rings is 5. The van der Waals surface area contributed by atoms with Crippen LogP contribution in [0.15, 0.2) is 142 Å². The molecule has 6 heteroatoms. The van der Waals surface area contributed by atoms with Crippen molar-refractivity contribution in [1.82, 2.24) is 19.5 Å². The van der Waals surface area contributed by atoms with Crippen LogP contribution in [0.4, 0.5) is 0 Å². The van der Waals surface area contributed by atoms with E-state index >= 15 is 0 Å². The van der Waals surface area contributed by atoms with Crippen LogP contribution in [0.3, 0.4) is 0 Å². The predicted molar refractivity (Wildman–Crippen MR) is 170 cm³/mol. The third-order valence-electron chi connectivity index (χ3n) is 7.88. The molecule has 0 aliphatic carbocycles. The summed E-state index contributed by atoms with van der Waals surface area (Å²) in [5.41, 5.74) is 8.64. The van der Waals surface area contributed by atoms with Crippen LogP contribution in [0.2, 0.25) is 0 Å². The van der Waals surface area contributed by atoms with Crippen LogP contribution < -0.4 is 0 Å². The monoisotopic (exact) mass is 554 g/mol. The summed E-state index contributed by atoms with van der Waals surface area (Å²) in [4.78, 5) is 15.2. The standard InChI is InChI=1S/C37H22N4O2/c1-3-12-23(13-4-1)25-16-11-17-26(22-25)36-38-35(24-14-5-2-6-15-24)39-37(40-36)41-31-27-18-7-9-20-29(27)42-33(31)34-32(41)28-19-8-10-21-30(28)43-34/h1-22H. The van der Waals surface area contributed by atoms with Crippen molar-refractivity contribution >= 4 is 44.1 Å². The minimum atomic E-state index is 0.493. The molecule has 6 nitrogen and oxygen atoms in total. The smallest absolute Gasteiger partial charge is 0.239 e. The quantitative estimate of drug-likeness (QED) is 0.217. The van der Waals surface area contributed by atoms with Gasteiger partial charge in [0.05, 0.1) is 0 Å². The molecule has 4 heterocycles. The van der Waals surface area contributed by atoms with Crippen molar-refractivity contribution in [2.24, 2.45) is 0 Å². The minimum Gasteiger partial charge on any atom is -0.450 e. The lowest BCUT2D eigenvalue weighted by molar-refractivity contribution is 0.634. The van der Waals surface area contributed by atoms with Gasteiger partial charge in [-0.3, -0.25) is 4.57 Å². The molecule has 9 aromatic rings. The van der Waals surface area contributed by atoms with E-state index in [0.29, 0.717) is 28.8 Å². The highest BCUT2D eigenvalue weighted by Gasteiger charge is 2.26. The summed E-state index contributed by atoms with van der Waals surface area (Å²) in [5.74, 6) is 1.66. The van der Waals surface area contributed by atoms with Gasteiger partial charge in [-0.2, -0.15) is 9.97 Å². The molecule has 0 bridgehead atoms. The van der Waals surface area contributed by atoms with Gasteiger partial charge in [-0.15, -0.1) is 0 Å². The van der Waals surface area contributed by atoms with E-state index in [0.717, 1.165) is 55.2 Å². The van der Waals surface area contributed by atoms with Crippen molar-refractivity contribution in [2.75, 3.05) is 0 Å². The molecule has 0 radical (unpaired) electrons. The zero-order valence-electron chi connectivity index (χ0n) is 22.8. The molecule has 0 spiro atoms. The summed E-state index contributed by atoms with van der Waals surface area (Å²) in [7, 11) is 0. The van der Waals surface area contributed by atoms with E-state index in [1.807, 2.05) is 97.1 Å². The SMILES string of the molecule is c1ccc(-c2cccc(-c3nc(-c4ccccc4)nc(-n4c5c6ccccc6oc5c5oc6ccccc6c54)n3)c2)cc1. The van der Waals surface area contributed by atoms with Crippen molar-refractivity contribution in [3.63, 3.8) is 0 Å². The zero-order chi connectivity index (χ0) is 28.3. The Morgan fingerprint density at radius 1 is 0.419 bits per heavy atom. The second-order valence-corrected chi connectivity index (χ2v) is 10.5. The summed E-state index contributed by atoms with van der Waals surface area (Å²) in [6.45, 7) is 0. The van der Waals surface area contributed by atoms with E-state index < -0.39 is 0 Å². The van der Waals surface area contributed by atoms with E-state index in [1.165, 1.54) is 0 Å². The third-order valence-corrected chi connectivity index (χ3v) is 7.88. The van der Waals surface area contributed by atoms with E-state index in [1.54, 1.807) is 0 Å². The molecule has 5 aromatic carbocycles. The summed E-state index contributed by atoms with van der Waals surface area (Å²) in [6.07, 6.45) is 0. The van der Waals surface area contributed by atoms with Crippen LogP contribution in [0.1, 0.15) is 0 Å². The molecule has 0 saturated heterocycles. The van der Waals surface area contributed by atoms with E-state index in [4.69, 9.17) is 23.8 Å². The van der Waals surface area contributed by atoms with Crippen molar-refractivity contribution in [1.29, 1.82) is 0 Å². The molecule has 9 rings (SSSR count). The zero-order valence-corrected chi connectivity index (χ0v) is 22.8. The van der Waals surface area contributed by atoms with Crippen molar-refractivity contribution in [3.8, 4) is 39.9 Å². The Labute approximate surface area is 245 Å². The number of nitrogens with zero attached hydrogens (tertiary/aromatic N) is 4. The van der Waals surface area contributed by atoms with Gasteiger partial charge >= 0.3 is 0 Å². The Kier molecular flexibility index (Phi) is 5.10. The predicted octanol–water partition coefficient (Wildman–Crippen LogP) is 9.46. The van der Waals surface area contributed by atoms with Crippen LogP contribution in [0.25, 0.3) is 84.0 Å². The fourth-order valence-corrected chi connectivity index (χ4v) is 5.91. The van der Waals surface area contributed by atoms with Gasteiger partial charge in [0.15, 0.2) is 22.8 Å². The largest absolute Gasteiger partial charge is 0.450 e. The maximum Gasteiger partial charge on any atom is 0.239 e. The molecule has 0 N–H and O–H groups in total. The van der Waals surface area contributed by atoms with Crippen molar-refractivity contribution in [3.05, 3.63) is 133 Å². The minimum absolute atomic E-state index is 0.493. The fraction of sp³-hybridized carbons (Fsp3) is 0. The normalized spacial score (nSPS) is 11.7. The second-order valence-electron chi connectivity index (χ2n) is 10.5. The van der Waals surface area contributed by atoms with Gasteiger partial charge in [-0.25, -0.2) is 4.98 Å². The number of para-hydroxylation sites is 2. The highest BCUT2D eigenvalue weighted by Crippen LogP contribution is 2.42. The summed E-state index contributed by atoms with van der Waals surface area (Å²) < 4.78 is 14.9. The Bertz CT molecular complexity index is 2370. The molecule has 0 aliphatic heterocycles. The van der Waals surface area contributed by atoms with E-state index in [-0.39, 0.29) is 0 Å². The Balaban J connectivity index is 1.38. The third kappa shape index (κ3) is 3.70. The molecule has 0 atom stereocenters. The lowest BCUT2D eigenvalue weighted by Crippen LogP contribution is -2.06. The van der Waals surface area contributed by atoms with Crippen LogP contribution in [0, 0.1) is 0 Å². The Hall–Kier alpha value is -6.01. The first kappa shape index (κ1) is 23.7. The Morgan fingerprint density at radius 2 is 0.907 bits per heavy atom. The molecule has 0 fully saturated rings. The van der Waals surface area contributed by atoms with Crippen LogP contribution in [0.5, 0.6) is 0 Å². The lowest BCUT2D eigenvalue weighted by Gasteiger charge is -2.11. The first-order chi connectivity index (χ1) is 21.3. The van der Waals surface area contributed by atoms with Gasteiger partial charge in [-0.05, 0) is 41.5 Å². The van der Waals surface area contributed by atoms with Gasteiger partial charge in [0.2, 0.25) is 5.95 Å². The average Bonchev–Trinajstić information content (AvgIpc) is 3.74. The first-order valence-corrected chi connectivity index (χ1v) is 14.1. The number of aromatic nitrogens is 4. The number of fused-ring (bicyclic) bond motifs is 7. The van der Waals surface area contributed by atoms with Crippen molar-refractivity contribution in [2.45, 2.75) is 0 Å². The summed E-state index contributed by atoms with van der Waals surface area (Å²) >= 11 is 0. The molecule has 0 saturated carbocycles. The summed E-state index contributed by atoms with van der Waals surface area (Å²) in [5, 5.41) is 1.92. The maximum absolute atomic E-state index is 6.41. The summed E-state index contributed by atoms with van der Waals surface area (Å²) in [6, 6.07) is 44.7. The molecule has 0 unspecified atom stereocenters. The topological polar surface area (TPSA) is 69.9 Å². The van der Waals surface area contributed by atoms with Crippen LogP contribution >= 0.6 is 0 Å². The first-order valence-electron chi connectivity index (χ1n) is 14.1. The lowest BCUT2D eigenvalue weighted by atomic mass is 10.0. The molecular weight excluding hydrogens is 532 g/mol. The van der Waals surface area contributed by atoms with Gasteiger partial charge in [0, 0.05) is 21.9 Å². The van der Waals surface area contributed by atoms with Gasteiger partial charge in [-0.1, -0.05) is 103 Å². The van der Waals surface area contributed by atoms with Gasteiger partial charge < -0.3 is 8.83 Å².